The zero-order valence-electron chi connectivity index (χ0n) is 19.0. The number of carbonyl (C=O) groups excluding carboxylic acids is 2. The molecule has 1 heterocycles. The second-order valence-electron chi connectivity index (χ2n) is 8.35. The van der Waals surface area contributed by atoms with Crippen molar-refractivity contribution in [1.82, 2.24) is 5.32 Å². The summed E-state index contributed by atoms with van der Waals surface area (Å²) in [5, 5.41) is 4.38. The predicted molar refractivity (Wildman–Crippen MR) is 136 cm³/mol. The number of halogens is 2. The van der Waals surface area contributed by atoms with Crippen molar-refractivity contribution in [3.8, 4) is 5.75 Å². The van der Waals surface area contributed by atoms with Gasteiger partial charge < -0.3 is 14.8 Å². The van der Waals surface area contributed by atoms with Gasteiger partial charge in [0, 0.05) is 43.9 Å². The smallest absolute Gasteiger partial charge is 0.336 e. The van der Waals surface area contributed by atoms with Gasteiger partial charge in [-0.15, -0.1) is 0 Å². The first-order valence-electron chi connectivity index (χ1n) is 11.0. The summed E-state index contributed by atoms with van der Waals surface area (Å²) in [5.74, 6) is -0.518. The summed E-state index contributed by atoms with van der Waals surface area (Å²) < 4.78 is 11.0. The molecule has 176 valence electrons. The molecule has 5 rings (SSSR count). The van der Waals surface area contributed by atoms with E-state index in [2.05, 4.69) is 5.32 Å². The summed E-state index contributed by atoms with van der Waals surface area (Å²) in [7, 11) is 1.34. The molecule has 0 radical (unpaired) electrons. The maximum atomic E-state index is 13.4. The average molecular weight is 506 g/mol. The number of methoxy groups -OCH3 is 1. The fourth-order valence-electron chi connectivity index (χ4n) is 4.60. The monoisotopic (exact) mass is 505 g/mol. The van der Waals surface area contributed by atoms with Gasteiger partial charge in [0.2, 0.25) is 0 Å². The Morgan fingerprint density at radius 1 is 1.00 bits per heavy atom. The van der Waals surface area contributed by atoms with E-state index in [0.29, 0.717) is 38.2 Å². The number of dihydropyridines is 1. The van der Waals surface area contributed by atoms with Crippen molar-refractivity contribution in [2.45, 2.75) is 19.4 Å². The third kappa shape index (κ3) is 4.11. The molecule has 2 aliphatic rings. The lowest BCUT2D eigenvalue weighted by Crippen LogP contribution is -2.29. The molecule has 1 atom stereocenters. The van der Waals surface area contributed by atoms with Crippen molar-refractivity contribution in [3.63, 3.8) is 0 Å². The molecule has 7 heteroatoms. The van der Waals surface area contributed by atoms with Gasteiger partial charge in [0.05, 0.1) is 18.4 Å². The summed E-state index contributed by atoms with van der Waals surface area (Å²) in [6, 6.07) is 20.1. The van der Waals surface area contributed by atoms with Crippen LogP contribution in [0.2, 0.25) is 10.0 Å². The van der Waals surface area contributed by atoms with Crippen LogP contribution in [0, 0.1) is 0 Å². The molecule has 0 saturated carbocycles. The van der Waals surface area contributed by atoms with Crippen molar-refractivity contribution < 1.29 is 19.1 Å². The molecule has 35 heavy (non-hydrogen) atoms. The molecule has 1 aliphatic heterocycles. The first kappa shape index (κ1) is 23.2. The lowest BCUT2D eigenvalue weighted by atomic mass is 9.80. The molecule has 3 aromatic rings. The molecule has 0 fully saturated rings. The molecule has 0 unspecified atom stereocenters. The fraction of sp³-hybridized carbons (Fsp3) is 0.143. The van der Waals surface area contributed by atoms with Gasteiger partial charge in [-0.1, -0.05) is 65.7 Å². The zero-order valence-corrected chi connectivity index (χ0v) is 20.5. The maximum Gasteiger partial charge on any atom is 0.336 e. The maximum absolute atomic E-state index is 13.4. The Balaban J connectivity index is 1.49. The van der Waals surface area contributed by atoms with Crippen LogP contribution in [0.3, 0.4) is 0 Å². The SMILES string of the molecule is COC(=O)C1=C(C)NC2=C(C(=O)c3ccccc32)[C@@H]1c1ccc(OCc2ccc(Cl)cc2Cl)cc1. The highest BCUT2D eigenvalue weighted by Crippen LogP contribution is 2.46. The van der Waals surface area contributed by atoms with E-state index in [0.717, 1.165) is 22.4 Å². The quantitative estimate of drug-likeness (QED) is 0.411. The Hall–Kier alpha value is -3.54. The van der Waals surface area contributed by atoms with Crippen LogP contribution in [-0.2, 0) is 16.1 Å². The molecule has 1 aliphatic carbocycles. The van der Waals surface area contributed by atoms with E-state index in [1.807, 2.05) is 55.5 Å². The number of allylic oxidation sites excluding steroid dienone is 2. The van der Waals surface area contributed by atoms with Crippen LogP contribution < -0.4 is 10.1 Å². The number of rotatable bonds is 5. The number of ketones is 1. The Kier molecular flexibility index (Phi) is 6.13. The second kappa shape index (κ2) is 9.25. The molecule has 5 nitrogen and oxygen atoms in total. The van der Waals surface area contributed by atoms with Gasteiger partial charge in [0.15, 0.2) is 5.78 Å². The van der Waals surface area contributed by atoms with Crippen LogP contribution in [0.4, 0.5) is 0 Å². The van der Waals surface area contributed by atoms with Gasteiger partial charge in [-0.2, -0.15) is 0 Å². The van der Waals surface area contributed by atoms with E-state index < -0.39 is 11.9 Å². The van der Waals surface area contributed by atoms with Crippen LogP contribution in [0.25, 0.3) is 5.70 Å². The molecule has 0 aromatic heterocycles. The number of esters is 1. The highest BCUT2D eigenvalue weighted by atomic mass is 35.5. The molecular weight excluding hydrogens is 485 g/mol. The van der Waals surface area contributed by atoms with Crippen molar-refractivity contribution >= 4 is 40.7 Å². The summed E-state index contributed by atoms with van der Waals surface area (Å²) in [4.78, 5) is 26.3. The fourth-order valence-corrected chi connectivity index (χ4v) is 5.06. The zero-order chi connectivity index (χ0) is 24.7. The molecule has 0 amide bonds. The number of fused-ring (bicyclic) bond motifs is 2. The summed E-state index contributed by atoms with van der Waals surface area (Å²) in [5.41, 5.74) is 5.40. The molecule has 0 spiro atoms. The van der Waals surface area contributed by atoms with Gasteiger partial charge in [-0.25, -0.2) is 4.79 Å². The lowest BCUT2D eigenvalue weighted by molar-refractivity contribution is -0.136. The summed E-state index contributed by atoms with van der Waals surface area (Å²) in [6.07, 6.45) is 0. The number of ether oxygens (including phenoxy) is 2. The van der Waals surface area contributed by atoms with Crippen molar-refractivity contribution in [1.29, 1.82) is 0 Å². The van der Waals surface area contributed by atoms with Crippen LogP contribution in [0.5, 0.6) is 5.75 Å². The third-order valence-electron chi connectivity index (χ3n) is 6.28. The predicted octanol–water partition coefficient (Wildman–Crippen LogP) is 6.31. The molecular formula is C28H21Cl2NO4. The van der Waals surface area contributed by atoms with Crippen LogP contribution in [-0.4, -0.2) is 18.9 Å². The van der Waals surface area contributed by atoms with E-state index >= 15 is 0 Å². The summed E-state index contributed by atoms with van der Waals surface area (Å²) in [6.45, 7) is 2.10. The van der Waals surface area contributed by atoms with Crippen molar-refractivity contribution in [2.75, 3.05) is 7.11 Å². The van der Waals surface area contributed by atoms with Crippen molar-refractivity contribution in [2.24, 2.45) is 0 Å². The van der Waals surface area contributed by atoms with E-state index in [9.17, 15) is 9.59 Å². The number of benzene rings is 3. The number of carbonyl (C=O) groups is 2. The first-order valence-corrected chi connectivity index (χ1v) is 11.8. The molecule has 1 N–H and O–H groups in total. The molecule has 0 bridgehead atoms. The highest BCUT2D eigenvalue weighted by Gasteiger charge is 2.42. The van der Waals surface area contributed by atoms with Gasteiger partial charge >= 0.3 is 5.97 Å². The normalized spacial score (nSPS) is 16.6. The Bertz CT molecular complexity index is 1420. The van der Waals surface area contributed by atoms with Crippen LogP contribution >= 0.6 is 23.2 Å². The lowest BCUT2D eigenvalue weighted by Gasteiger charge is -2.29. The van der Waals surface area contributed by atoms with Crippen LogP contribution in [0.15, 0.2) is 83.6 Å². The second-order valence-corrected chi connectivity index (χ2v) is 9.19. The molecule has 0 saturated heterocycles. The van der Waals surface area contributed by atoms with Crippen LogP contribution in [0.1, 0.15) is 39.9 Å². The largest absolute Gasteiger partial charge is 0.489 e. The Morgan fingerprint density at radius 3 is 2.40 bits per heavy atom. The minimum absolute atomic E-state index is 0.0975. The standard InChI is InChI=1S/C28H21Cl2NO4/c1-15-23(28(33)34-2)24(25-26(31-15)20-5-3-4-6-21(20)27(25)32)16-8-11-19(12-9-16)35-14-17-7-10-18(29)13-22(17)30/h3-13,24,31H,14H2,1-2H3/t24-/m1/s1. The number of hydrogen-bond acceptors (Lipinski definition) is 5. The summed E-state index contributed by atoms with van der Waals surface area (Å²) >= 11 is 12.2. The highest BCUT2D eigenvalue weighted by molar-refractivity contribution is 6.35. The van der Waals surface area contributed by atoms with Crippen molar-refractivity contribution in [3.05, 3.63) is 116 Å². The van der Waals surface area contributed by atoms with Gasteiger partial charge in [0.1, 0.15) is 12.4 Å². The first-order chi connectivity index (χ1) is 16.9. The minimum Gasteiger partial charge on any atom is -0.489 e. The molecule has 3 aromatic carbocycles. The Morgan fingerprint density at radius 2 is 1.71 bits per heavy atom. The van der Waals surface area contributed by atoms with Gasteiger partial charge in [0.25, 0.3) is 0 Å². The third-order valence-corrected chi connectivity index (χ3v) is 6.86. The number of nitrogens with one attached hydrogen (secondary N) is 1. The van der Waals surface area contributed by atoms with E-state index in [-0.39, 0.29) is 12.4 Å². The topological polar surface area (TPSA) is 64.6 Å². The van der Waals surface area contributed by atoms with E-state index in [4.69, 9.17) is 32.7 Å². The Labute approximate surface area is 213 Å². The minimum atomic E-state index is -0.571. The van der Waals surface area contributed by atoms with E-state index in [1.54, 1.807) is 18.2 Å². The van der Waals surface area contributed by atoms with Gasteiger partial charge in [-0.05, 0) is 36.8 Å². The average Bonchev–Trinajstić information content (AvgIpc) is 3.14. The number of Topliss-reactive ketones (excluding diaryl/α,β-unsaturated/α-hetero) is 1. The van der Waals surface area contributed by atoms with Gasteiger partial charge in [-0.3, -0.25) is 4.79 Å². The number of hydrogen-bond donors (Lipinski definition) is 1. The van der Waals surface area contributed by atoms with E-state index in [1.165, 1.54) is 7.11 Å².